The molecule has 2 aliphatic rings. The SMILES string of the molecule is COCc1cc(-c2nnc3c4ccccc4c(OCc4ccc(C(=O)N5CCC6(CC5)COC6)cn4)nn23)no1. The Hall–Kier alpha value is -4.42. The summed E-state index contributed by atoms with van der Waals surface area (Å²) in [5.74, 6) is 1.40. The number of rotatable bonds is 7. The maximum Gasteiger partial charge on any atom is 0.255 e. The van der Waals surface area contributed by atoms with Crippen molar-refractivity contribution >= 4 is 22.3 Å². The molecule has 2 saturated heterocycles. The molecule has 0 aliphatic carbocycles. The highest BCUT2D eigenvalue weighted by Gasteiger charge is 2.42. The van der Waals surface area contributed by atoms with Crippen LogP contribution in [0.5, 0.6) is 5.88 Å². The number of methoxy groups -OCH3 is 1. The van der Waals surface area contributed by atoms with E-state index in [-0.39, 0.29) is 17.9 Å². The molecule has 6 heterocycles. The summed E-state index contributed by atoms with van der Waals surface area (Å²) in [5.41, 5.74) is 2.59. The van der Waals surface area contributed by atoms with Crippen LogP contribution >= 0.6 is 0 Å². The Labute approximate surface area is 228 Å². The van der Waals surface area contributed by atoms with E-state index in [0.717, 1.165) is 49.9 Å². The molecule has 40 heavy (non-hydrogen) atoms. The number of hydrogen-bond acceptors (Lipinski definition) is 10. The monoisotopic (exact) mass is 541 g/mol. The van der Waals surface area contributed by atoms with E-state index in [1.165, 1.54) is 0 Å². The molecule has 204 valence electrons. The molecule has 2 aliphatic heterocycles. The molecular formula is C28H27N7O5. The highest BCUT2D eigenvalue weighted by Crippen LogP contribution is 2.38. The molecule has 1 amide bonds. The van der Waals surface area contributed by atoms with Crippen LogP contribution in [0.25, 0.3) is 27.9 Å². The van der Waals surface area contributed by atoms with E-state index in [9.17, 15) is 4.79 Å². The smallest absolute Gasteiger partial charge is 0.255 e. The minimum Gasteiger partial charge on any atom is -0.470 e. The number of nitrogens with zero attached hydrogens (tertiary/aromatic N) is 7. The van der Waals surface area contributed by atoms with Crippen LogP contribution in [0.15, 0.2) is 53.2 Å². The van der Waals surface area contributed by atoms with Crippen LogP contribution in [0.3, 0.4) is 0 Å². The van der Waals surface area contributed by atoms with Crippen LogP contribution in [-0.2, 0) is 22.7 Å². The molecule has 4 aromatic heterocycles. The van der Waals surface area contributed by atoms with Crippen molar-refractivity contribution in [2.45, 2.75) is 26.1 Å². The average molecular weight is 542 g/mol. The van der Waals surface area contributed by atoms with Crippen molar-refractivity contribution in [1.29, 1.82) is 0 Å². The van der Waals surface area contributed by atoms with Gasteiger partial charge in [-0.15, -0.1) is 15.3 Å². The summed E-state index contributed by atoms with van der Waals surface area (Å²) in [6, 6.07) is 13.1. The lowest BCUT2D eigenvalue weighted by Crippen LogP contribution is -2.52. The zero-order chi connectivity index (χ0) is 27.1. The lowest BCUT2D eigenvalue weighted by Gasteiger charge is -2.47. The number of pyridine rings is 1. The Morgan fingerprint density at radius 1 is 1.05 bits per heavy atom. The van der Waals surface area contributed by atoms with Crippen LogP contribution in [0.4, 0.5) is 0 Å². The van der Waals surface area contributed by atoms with E-state index >= 15 is 0 Å². The summed E-state index contributed by atoms with van der Waals surface area (Å²) in [6.45, 7) is 3.60. The van der Waals surface area contributed by atoms with Gasteiger partial charge in [0.05, 0.1) is 24.5 Å². The summed E-state index contributed by atoms with van der Waals surface area (Å²) in [7, 11) is 1.58. The predicted molar refractivity (Wildman–Crippen MR) is 141 cm³/mol. The molecule has 1 aromatic carbocycles. The summed E-state index contributed by atoms with van der Waals surface area (Å²) in [4.78, 5) is 19.4. The normalized spacial score (nSPS) is 16.5. The number of piperidine rings is 1. The number of benzene rings is 1. The van der Waals surface area contributed by atoms with E-state index in [2.05, 4.69) is 20.3 Å². The van der Waals surface area contributed by atoms with Gasteiger partial charge in [-0.1, -0.05) is 23.4 Å². The molecule has 0 unspecified atom stereocenters. The van der Waals surface area contributed by atoms with Gasteiger partial charge < -0.3 is 23.6 Å². The third-order valence-corrected chi connectivity index (χ3v) is 7.66. The van der Waals surface area contributed by atoms with Gasteiger partial charge in [0.2, 0.25) is 11.7 Å². The Morgan fingerprint density at radius 3 is 2.60 bits per heavy atom. The standard InChI is InChI=1S/C28H27N7O5/c1-37-15-20-12-23(33-40-20)25-31-30-24-21-4-2-3-5-22(21)26(32-35(24)25)39-14-19-7-6-18(13-29-19)27(36)34-10-8-28(9-11-34)16-38-17-28/h2-7,12-13H,8-11,14-17H2,1H3. The average Bonchev–Trinajstić information content (AvgIpc) is 3.62. The fourth-order valence-corrected chi connectivity index (χ4v) is 5.27. The Balaban J connectivity index is 1.10. The topological polar surface area (TPSA) is 130 Å². The molecular weight excluding hydrogens is 514 g/mol. The van der Waals surface area contributed by atoms with E-state index in [1.54, 1.807) is 30.0 Å². The first-order valence-electron chi connectivity index (χ1n) is 13.2. The van der Waals surface area contributed by atoms with Crippen molar-refractivity contribution in [2.75, 3.05) is 33.4 Å². The van der Waals surface area contributed by atoms with Crippen molar-refractivity contribution in [2.24, 2.45) is 5.41 Å². The molecule has 5 aromatic rings. The van der Waals surface area contributed by atoms with E-state index in [1.807, 2.05) is 35.2 Å². The van der Waals surface area contributed by atoms with Gasteiger partial charge in [0.15, 0.2) is 17.1 Å². The Morgan fingerprint density at radius 2 is 1.88 bits per heavy atom. The molecule has 1 spiro atoms. The minimum absolute atomic E-state index is 0.00909. The van der Waals surface area contributed by atoms with Crippen LogP contribution in [0.2, 0.25) is 0 Å². The van der Waals surface area contributed by atoms with Crippen LogP contribution in [-0.4, -0.2) is 74.2 Å². The number of aromatic nitrogens is 6. The van der Waals surface area contributed by atoms with Gasteiger partial charge in [-0.3, -0.25) is 9.78 Å². The number of carbonyl (C=O) groups excluding carboxylic acids is 1. The fourth-order valence-electron chi connectivity index (χ4n) is 5.27. The maximum absolute atomic E-state index is 13.0. The first-order chi connectivity index (χ1) is 19.6. The number of carbonyl (C=O) groups is 1. The third-order valence-electron chi connectivity index (χ3n) is 7.66. The molecule has 0 N–H and O–H groups in total. The van der Waals surface area contributed by atoms with Crippen LogP contribution < -0.4 is 4.74 Å². The predicted octanol–water partition coefficient (Wildman–Crippen LogP) is 3.31. The fraction of sp³-hybridized carbons (Fsp3) is 0.357. The highest BCUT2D eigenvalue weighted by molar-refractivity contribution is 5.97. The summed E-state index contributed by atoms with van der Waals surface area (Å²) < 4.78 is 23.6. The van der Waals surface area contributed by atoms with Crippen molar-refractivity contribution in [3.63, 3.8) is 0 Å². The number of amides is 1. The molecule has 2 fully saturated rings. The van der Waals surface area contributed by atoms with Gasteiger partial charge in [0.1, 0.15) is 13.2 Å². The zero-order valence-corrected chi connectivity index (χ0v) is 21.9. The summed E-state index contributed by atoms with van der Waals surface area (Å²) >= 11 is 0. The van der Waals surface area contributed by atoms with E-state index in [0.29, 0.717) is 46.7 Å². The number of likely N-dealkylation sites (tertiary alicyclic amines) is 1. The second-order valence-electron chi connectivity index (χ2n) is 10.3. The molecule has 0 bridgehead atoms. The lowest BCUT2D eigenvalue weighted by atomic mass is 9.77. The molecule has 12 heteroatoms. The van der Waals surface area contributed by atoms with Crippen molar-refractivity contribution in [1.82, 2.24) is 34.9 Å². The van der Waals surface area contributed by atoms with Crippen molar-refractivity contribution in [3.8, 4) is 17.4 Å². The lowest BCUT2D eigenvalue weighted by molar-refractivity contribution is -0.136. The van der Waals surface area contributed by atoms with Gasteiger partial charge in [-0.2, -0.15) is 4.52 Å². The molecule has 7 rings (SSSR count). The highest BCUT2D eigenvalue weighted by atomic mass is 16.5. The van der Waals surface area contributed by atoms with Crippen LogP contribution in [0.1, 0.15) is 34.7 Å². The number of ether oxygens (including phenoxy) is 3. The number of hydrogen-bond donors (Lipinski definition) is 0. The first kappa shape index (κ1) is 24.6. The quantitative estimate of drug-likeness (QED) is 0.302. The molecule has 12 nitrogen and oxygen atoms in total. The first-order valence-corrected chi connectivity index (χ1v) is 13.2. The van der Waals surface area contributed by atoms with E-state index < -0.39 is 0 Å². The zero-order valence-electron chi connectivity index (χ0n) is 21.9. The second-order valence-corrected chi connectivity index (χ2v) is 10.3. The Bertz CT molecular complexity index is 1680. The largest absolute Gasteiger partial charge is 0.470 e. The minimum atomic E-state index is 0.00909. The maximum atomic E-state index is 13.0. The van der Waals surface area contributed by atoms with Crippen molar-refractivity contribution in [3.05, 3.63) is 65.7 Å². The van der Waals surface area contributed by atoms with Crippen LogP contribution in [0, 0.1) is 5.41 Å². The molecule has 0 saturated carbocycles. The van der Waals surface area contributed by atoms with E-state index in [4.69, 9.17) is 23.8 Å². The van der Waals surface area contributed by atoms with Gasteiger partial charge in [-0.25, -0.2) is 0 Å². The van der Waals surface area contributed by atoms with Crippen molar-refractivity contribution < 1.29 is 23.5 Å². The van der Waals surface area contributed by atoms with Gasteiger partial charge in [0, 0.05) is 48.6 Å². The third kappa shape index (κ3) is 4.34. The van der Waals surface area contributed by atoms with Gasteiger partial charge >= 0.3 is 0 Å². The molecule has 0 radical (unpaired) electrons. The van der Waals surface area contributed by atoms with Gasteiger partial charge in [-0.05, 0) is 31.0 Å². The second kappa shape index (κ2) is 9.96. The molecule has 0 atom stereocenters. The Kier molecular flexibility index (Phi) is 6.13. The van der Waals surface area contributed by atoms with Gasteiger partial charge in [0.25, 0.3) is 5.91 Å². The summed E-state index contributed by atoms with van der Waals surface area (Å²) in [6.07, 6.45) is 3.59. The summed E-state index contributed by atoms with van der Waals surface area (Å²) in [5, 5.41) is 19.1. The number of fused-ring (bicyclic) bond motifs is 3.